The van der Waals surface area contributed by atoms with Crippen molar-refractivity contribution in [3.63, 3.8) is 0 Å². The Kier molecular flexibility index (Phi) is 7.77. The Morgan fingerprint density at radius 2 is 2.06 bits per heavy atom. The molecule has 3 saturated heterocycles. The highest BCUT2D eigenvalue weighted by atomic mass is 19.1. The molecule has 2 aromatic heterocycles. The molecule has 4 aliphatic rings. The molecule has 3 N–H and O–H groups in total. The number of halogens is 2. The Hall–Kier alpha value is -4.64. The number of likely N-dealkylation sites (tertiary alicyclic amines) is 1. The zero-order valence-electron chi connectivity index (χ0n) is 27.2. The Balaban J connectivity index is 1.30. The highest BCUT2D eigenvalue weighted by Gasteiger charge is 2.46. The van der Waals surface area contributed by atoms with E-state index >= 15 is 4.39 Å². The second-order valence-electron chi connectivity index (χ2n) is 13.8. The second-order valence-corrected chi connectivity index (χ2v) is 13.8. The predicted octanol–water partition coefficient (Wildman–Crippen LogP) is 3.50. The van der Waals surface area contributed by atoms with E-state index in [1.54, 1.807) is 0 Å². The van der Waals surface area contributed by atoms with E-state index in [0.29, 0.717) is 49.4 Å². The van der Waals surface area contributed by atoms with Crippen molar-refractivity contribution in [2.75, 3.05) is 57.9 Å². The monoisotopic (exact) mass is 669 g/mol. The van der Waals surface area contributed by atoms with Crippen molar-refractivity contribution in [2.45, 2.75) is 49.2 Å². The smallest absolute Gasteiger partial charge is 0.319 e. The molecule has 3 fully saturated rings. The number of anilines is 1. The van der Waals surface area contributed by atoms with Crippen molar-refractivity contribution in [1.29, 1.82) is 0 Å². The van der Waals surface area contributed by atoms with Gasteiger partial charge in [-0.15, -0.1) is 6.42 Å². The van der Waals surface area contributed by atoms with Gasteiger partial charge in [-0.1, -0.05) is 12.0 Å². The Morgan fingerprint density at radius 1 is 1.18 bits per heavy atom. The lowest BCUT2D eigenvalue weighted by Crippen LogP contribution is -2.62. The summed E-state index contributed by atoms with van der Waals surface area (Å²) in [5.74, 6) is 1.20. The number of pyridine rings is 1. The van der Waals surface area contributed by atoms with Crippen LogP contribution in [0.2, 0.25) is 0 Å². The molecule has 6 heterocycles. The minimum absolute atomic E-state index is 0.0102. The molecule has 13 heteroatoms. The molecule has 3 atom stereocenters. The molecule has 11 nitrogen and oxygen atoms in total. The molecule has 4 aromatic rings. The Labute approximate surface area is 282 Å². The van der Waals surface area contributed by atoms with E-state index in [9.17, 15) is 14.3 Å². The van der Waals surface area contributed by atoms with E-state index in [1.165, 1.54) is 30.5 Å². The number of phenolic OH excluding ortho intramolecular Hbond substituents is 1. The number of benzene rings is 2. The normalized spacial score (nSPS) is 26.2. The number of amides is 1. The molecule has 0 aliphatic carbocycles. The van der Waals surface area contributed by atoms with Gasteiger partial charge in [-0.2, -0.15) is 9.97 Å². The van der Waals surface area contributed by atoms with Gasteiger partial charge in [-0.25, -0.2) is 8.78 Å². The number of fused-ring (bicyclic) bond motifs is 8. The summed E-state index contributed by atoms with van der Waals surface area (Å²) < 4.78 is 44.4. The maximum Gasteiger partial charge on any atom is 0.319 e. The van der Waals surface area contributed by atoms with Gasteiger partial charge in [-0.05, 0) is 62.9 Å². The van der Waals surface area contributed by atoms with Crippen molar-refractivity contribution in [1.82, 2.24) is 30.5 Å². The molecule has 2 aromatic carbocycles. The number of hydrogen-bond acceptors (Lipinski definition) is 10. The number of hydrogen-bond donors (Lipinski definition) is 3. The number of phenols is 1. The molecular weight excluding hydrogens is 632 g/mol. The number of carbonyl (C=O) groups excluding carboxylic acids is 1. The number of aromatic hydroxyl groups is 1. The standard InChI is InChI=1S/C36H37F2N7O4/c1-3-24-27(37)6-5-21-13-23(46)14-25(29(21)24)31-30(38)32-26(15-39-31)33-42-34(41-32)49-20-36(9-4-11-44(36)2)17-40-28(47)8-12-48-19-35-10-7-22(43-35)16-45(33)18-35/h1,5-6,13-15,22,43,46H,4,7-12,16-20H2,2H3,(H,40,47)/t22-,35?,36-/m1/s1. The number of nitrogens with one attached hydrogen (secondary N) is 2. The highest BCUT2D eigenvalue weighted by Crippen LogP contribution is 2.40. The molecule has 49 heavy (non-hydrogen) atoms. The van der Waals surface area contributed by atoms with E-state index in [1.807, 2.05) is 7.05 Å². The summed E-state index contributed by atoms with van der Waals surface area (Å²) in [6, 6.07) is 5.61. The third-order valence-corrected chi connectivity index (χ3v) is 10.7. The number of nitrogens with zero attached hydrogens (tertiary/aromatic N) is 5. The van der Waals surface area contributed by atoms with Gasteiger partial charge in [0.25, 0.3) is 0 Å². The molecule has 1 unspecified atom stereocenters. The number of likely N-dealkylation sites (N-methyl/N-ethyl adjacent to an activating group) is 1. The van der Waals surface area contributed by atoms with Gasteiger partial charge in [0.05, 0.1) is 35.2 Å². The van der Waals surface area contributed by atoms with Gasteiger partial charge in [0.1, 0.15) is 35.2 Å². The first-order valence-electron chi connectivity index (χ1n) is 16.7. The van der Waals surface area contributed by atoms with Crippen LogP contribution in [0.4, 0.5) is 14.6 Å². The molecule has 5 bridgehead atoms. The van der Waals surface area contributed by atoms with Crippen molar-refractivity contribution >= 4 is 33.4 Å². The molecule has 0 radical (unpaired) electrons. The third-order valence-electron chi connectivity index (χ3n) is 10.7. The number of carbonyl (C=O) groups is 1. The van der Waals surface area contributed by atoms with E-state index in [2.05, 4.69) is 36.3 Å². The minimum atomic E-state index is -0.782. The summed E-state index contributed by atoms with van der Waals surface area (Å²) >= 11 is 0. The number of piperazine rings is 1. The average molecular weight is 670 g/mol. The van der Waals surface area contributed by atoms with Crippen molar-refractivity contribution < 1.29 is 28.2 Å². The number of terminal acetylenes is 1. The summed E-state index contributed by atoms with van der Waals surface area (Å²) in [6.45, 7) is 3.21. The SMILES string of the molecule is C#Cc1c(F)ccc2cc(O)cc(-c3ncc4c5nc(nc4c3F)OC[C@@]3(CCCN3C)CNC(=O)CCOCC34CC[C@H](CN5C3)N4)c12. The van der Waals surface area contributed by atoms with Gasteiger partial charge in [-0.3, -0.25) is 14.7 Å². The lowest BCUT2D eigenvalue weighted by Gasteiger charge is -2.42. The molecule has 1 amide bonds. The summed E-state index contributed by atoms with van der Waals surface area (Å²) in [4.78, 5) is 31.1. The van der Waals surface area contributed by atoms with Gasteiger partial charge < -0.3 is 30.1 Å². The van der Waals surface area contributed by atoms with Crippen LogP contribution in [0.5, 0.6) is 11.8 Å². The summed E-state index contributed by atoms with van der Waals surface area (Å²) in [7, 11) is 2.00. The van der Waals surface area contributed by atoms with Gasteiger partial charge in [0, 0.05) is 49.2 Å². The van der Waals surface area contributed by atoms with Gasteiger partial charge in [0.2, 0.25) is 5.91 Å². The van der Waals surface area contributed by atoms with Gasteiger partial charge in [0.15, 0.2) is 5.82 Å². The first-order valence-corrected chi connectivity index (χ1v) is 16.7. The van der Waals surface area contributed by atoms with Crippen LogP contribution in [0.1, 0.15) is 37.7 Å². The summed E-state index contributed by atoms with van der Waals surface area (Å²) in [5, 5.41) is 18.5. The zero-order chi connectivity index (χ0) is 33.9. The lowest BCUT2D eigenvalue weighted by molar-refractivity contribution is -0.123. The van der Waals surface area contributed by atoms with Crippen LogP contribution in [0.25, 0.3) is 32.9 Å². The topological polar surface area (TPSA) is 125 Å². The van der Waals surface area contributed by atoms with E-state index in [4.69, 9.17) is 20.9 Å². The maximum absolute atomic E-state index is 17.0. The van der Waals surface area contributed by atoms with Crippen LogP contribution in [-0.2, 0) is 9.53 Å². The van der Waals surface area contributed by atoms with E-state index < -0.39 is 17.2 Å². The molecule has 0 saturated carbocycles. The number of ether oxygens (including phenoxy) is 2. The average Bonchev–Trinajstić information content (AvgIpc) is 3.61. The Bertz CT molecular complexity index is 2040. The first kappa shape index (κ1) is 31.6. The van der Waals surface area contributed by atoms with Crippen LogP contribution in [-0.4, -0.2) is 101 Å². The molecular formula is C36H37F2N7O4. The molecule has 254 valence electrons. The zero-order valence-corrected chi connectivity index (χ0v) is 27.2. The Morgan fingerprint density at radius 3 is 2.88 bits per heavy atom. The fraction of sp³-hybridized carbons (Fsp3) is 0.444. The largest absolute Gasteiger partial charge is 0.508 e. The third kappa shape index (κ3) is 5.48. The van der Waals surface area contributed by atoms with Crippen molar-refractivity contribution in [2.24, 2.45) is 0 Å². The second kappa shape index (κ2) is 12.0. The predicted molar refractivity (Wildman–Crippen MR) is 179 cm³/mol. The van der Waals surface area contributed by atoms with Crippen molar-refractivity contribution in [3.05, 3.63) is 47.7 Å². The van der Waals surface area contributed by atoms with Crippen LogP contribution < -0.4 is 20.3 Å². The minimum Gasteiger partial charge on any atom is -0.508 e. The summed E-state index contributed by atoms with van der Waals surface area (Å²) in [6.07, 6.45) is 11.0. The lowest BCUT2D eigenvalue weighted by atomic mass is 9.95. The van der Waals surface area contributed by atoms with Crippen LogP contribution in [0.15, 0.2) is 30.5 Å². The summed E-state index contributed by atoms with van der Waals surface area (Å²) in [5.41, 5.74) is -0.989. The highest BCUT2D eigenvalue weighted by molar-refractivity contribution is 6.03. The maximum atomic E-state index is 17.0. The fourth-order valence-corrected chi connectivity index (χ4v) is 8.09. The van der Waals surface area contributed by atoms with Crippen LogP contribution >= 0.6 is 0 Å². The number of aromatic nitrogens is 3. The first-order chi connectivity index (χ1) is 23.7. The molecule has 8 rings (SSSR count). The molecule has 2 spiro atoms. The van der Waals surface area contributed by atoms with E-state index in [-0.39, 0.29) is 70.0 Å². The quantitative estimate of drug-likeness (QED) is 0.260. The van der Waals surface area contributed by atoms with E-state index in [0.717, 1.165) is 32.2 Å². The number of rotatable bonds is 1. The fourth-order valence-electron chi connectivity index (χ4n) is 8.09. The molecule has 4 aliphatic heterocycles. The van der Waals surface area contributed by atoms with Crippen LogP contribution in [0, 0.1) is 24.0 Å². The van der Waals surface area contributed by atoms with Crippen molar-refractivity contribution in [3.8, 4) is 35.4 Å². The van der Waals surface area contributed by atoms with Gasteiger partial charge >= 0.3 is 6.01 Å². The van der Waals surface area contributed by atoms with Crippen LogP contribution in [0.3, 0.4) is 0 Å².